The average molecular weight is 347 g/mol. The van der Waals surface area contributed by atoms with Crippen molar-refractivity contribution in [3.8, 4) is 0 Å². The Labute approximate surface area is 147 Å². The van der Waals surface area contributed by atoms with Gasteiger partial charge >= 0.3 is 5.97 Å². The summed E-state index contributed by atoms with van der Waals surface area (Å²) in [6.45, 7) is 6.66. The van der Waals surface area contributed by atoms with Gasteiger partial charge in [-0.05, 0) is 44.9 Å². The van der Waals surface area contributed by atoms with E-state index in [4.69, 9.17) is 21.3 Å². The molecule has 0 bridgehead atoms. The van der Waals surface area contributed by atoms with Gasteiger partial charge < -0.3 is 4.74 Å². The maximum Gasteiger partial charge on any atom is 0.310 e. The number of hydrogen-bond donors (Lipinski definition) is 0. The Kier molecular flexibility index (Phi) is 5.36. The molecule has 3 rings (SSSR count). The number of fused-ring (bicyclic) bond motifs is 1. The molecule has 1 aliphatic rings. The summed E-state index contributed by atoms with van der Waals surface area (Å²) in [6.07, 6.45) is 1.89. The molecule has 1 fully saturated rings. The van der Waals surface area contributed by atoms with Crippen LogP contribution in [0, 0.1) is 12.8 Å². The highest BCUT2D eigenvalue weighted by Crippen LogP contribution is 2.29. The molecule has 0 amide bonds. The summed E-state index contributed by atoms with van der Waals surface area (Å²) < 4.78 is 5.17. The molecule has 24 heavy (non-hydrogen) atoms. The first-order chi connectivity index (χ1) is 11.6. The summed E-state index contributed by atoms with van der Waals surface area (Å²) in [6, 6.07) is 8.05. The number of pyridine rings is 1. The van der Waals surface area contributed by atoms with Gasteiger partial charge in [-0.2, -0.15) is 0 Å². The van der Waals surface area contributed by atoms with Crippen molar-refractivity contribution in [3.05, 3.63) is 40.5 Å². The van der Waals surface area contributed by atoms with Crippen molar-refractivity contribution in [1.29, 1.82) is 0 Å². The molecule has 0 saturated carbocycles. The second-order valence-electron chi connectivity index (χ2n) is 6.34. The fraction of sp³-hybridized carbons (Fsp3) is 0.474. The van der Waals surface area contributed by atoms with Gasteiger partial charge in [0.2, 0.25) is 0 Å². The quantitative estimate of drug-likeness (QED) is 0.785. The molecule has 1 aliphatic heterocycles. The number of carbonyl (C=O) groups is 1. The second-order valence-corrected chi connectivity index (χ2v) is 6.72. The Hall–Kier alpha value is -1.65. The van der Waals surface area contributed by atoms with Crippen LogP contribution in [-0.2, 0) is 16.1 Å². The lowest BCUT2D eigenvalue weighted by Gasteiger charge is -2.31. The van der Waals surface area contributed by atoms with Crippen LogP contribution < -0.4 is 0 Å². The lowest BCUT2D eigenvalue weighted by molar-refractivity contribution is -0.150. The predicted octanol–water partition coefficient (Wildman–Crippen LogP) is 3.97. The van der Waals surface area contributed by atoms with Crippen LogP contribution in [0.15, 0.2) is 24.3 Å². The number of piperidine rings is 1. The van der Waals surface area contributed by atoms with Crippen LogP contribution in [0.4, 0.5) is 0 Å². The van der Waals surface area contributed by atoms with Gasteiger partial charge in [0, 0.05) is 18.5 Å². The minimum absolute atomic E-state index is 0.0426. The van der Waals surface area contributed by atoms with Crippen LogP contribution in [-0.4, -0.2) is 35.5 Å². The maximum absolute atomic E-state index is 12.0. The number of nitrogens with zero attached hydrogens (tertiary/aromatic N) is 2. The minimum atomic E-state index is -0.0871. The normalized spacial score (nSPS) is 18.7. The van der Waals surface area contributed by atoms with Crippen LogP contribution in [0.25, 0.3) is 10.9 Å². The van der Waals surface area contributed by atoms with Gasteiger partial charge in [-0.15, -0.1) is 0 Å². The van der Waals surface area contributed by atoms with Gasteiger partial charge in [-0.25, -0.2) is 4.98 Å². The average Bonchev–Trinajstić information content (AvgIpc) is 2.60. The fourth-order valence-electron chi connectivity index (χ4n) is 3.39. The smallest absolute Gasteiger partial charge is 0.310 e. The van der Waals surface area contributed by atoms with E-state index in [1.807, 2.05) is 38.1 Å². The fourth-order valence-corrected chi connectivity index (χ4v) is 3.59. The first-order valence-electron chi connectivity index (χ1n) is 8.52. The highest BCUT2D eigenvalue weighted by atomic mass is 35.5. The second kappa shape index (κ2) is 7.49. The summed E-state index contributed by atoms with van der Waals surface area (Å²) >= 11 is 6.56. The molecule has 128 valence electrons. The molecule has 0 radical (unpaired) electrons. The molecule has 2 aromatic rings. The van der Waals surface area contributed by atoms with E-state index < -0.39 is 0 Å². The third-order valence-corrected chi connectivity index (χ3v) is 5.15. The summed E-state index contributed by atoms with van der Waals surface area (Å²) in [4.78, 5) is 19.0. The number of hydrogen-bond acceptors (Lipinski definition) is 4. The Morgan fingerprint density at radius 1 is 1.42 bits per heavy atom. The zero-order chi connectivity index (χ0) is 17.1. The molecule has 1 atom stereocenters. The molecule has 4 nitrogen and oxygen atoms in total. The van der Waals surface area contributed by atoms with Crippen LogP contribution in [0.1, 0.15) is 31.0 Å². The predicted molar refractivity (Wildman–Crippen MR) is 96.1 cm³/mol. The third kappa shape index (κ3) is 3.55. The van der Waals surface area contributed by atoms with E-state index >= 15 is 0 Å². The third-order valence-electron chi connectivity index (χ3n) is 4.64. The molecule has 5 heteroatoms. The monoisotopic (exact) mass is 346 g/mol. The number of carbonyl (C=O) groups excluding carboxylic acids is 1. The van der Waals surface area contributed by atoms with E-state index in [9.17, 15) is 4.79 Å². The van der Waals surface area contributed by atoms with Crippen molar-refractivity contribution >= 4 is 28.5 Å². The SMILES string of the molecule is CCOC(=O)C1CCCN(Cc2nc3ccccc3c(C)c2Cl)C1. The largest absolute Gasteiger partial charge is 0.466 e. The zero-order valence-electron chi connectivity index (χ0n) is 14.2. The van der Waals surface area contributed by atoms with Crippen molar-refractivity contribution in [2.24, 2.45) is 5.92 Å². The highest BCUT2D eigenvalue weighted by molar-refractivity contribution is 6.32. The van der Waals surface area contributed by atoms with Gasteiger partial charge in [-0.1, -0.05) is 29.8 Å². The van der Waals surface area contributed by atoms with Gasteiger partial charge in [0.1, 0.15) is 0 Å². The van der Waals surface area contributed by atoms with E-state index in [0.29, 0.717) is 19.7 Å². The number of aryl methyl sites for hydroxylation is 1. The Balaban J connectivity index is 1.79. The summed E-state index contributed by atoms with van der Waals surface area (Å²) in [5.74, 6) is -0.130. The van der Waals surface area contributed by atoms with E-state index in [1.165, 1.54) is 0 Å². The van der Waals surface area contributed by atoms with Gasteiger partial charge in [0.05, 0.1) is 28.8 Å². The van der Waals surface area contributed by atoms with Crippen molar-refractivity contribution < 1.29 is 9.53 Å². The van der Waals surface area contributed by atoms with Crippen LogP contribution >= 0.6 is 11.6 Å². The van der Waals surface area contributed by atoms with Crippen LogP contribution in [0.3, 0.4) is 0 Å². The van der Waals surface area contributed by atoms with Crippen molar-refractivity contribution in [3.63, 3.8) is 0 Å². The standard InChI is InChI=1S/C19H23ClN2O2/c1-3-24-19(23)14-7-6-10-22(11-14)12-17-18(20)13(2)15-8-4-5-9-16(15)21-17/h4-5,8-9,14H,3,6-7,10-12H2,1-2H3. The topological polar surface area (TPSA) is 42.4 Å². The molecule has 0 aliphatic carbocycles. The lowest BCUT2D eigenvalue weighted by atomic mass is 9.98. The molecule has 1 aromatic heterocycles. The number of aromatic nitrogens is 1. The number of esters is 1. The van der Waals surface area contributed by atoms with E-state index in [2.05, 4.69) is 4.90 Å². The highest BCUT2D eigenvalue weighted by Gasteiger charge is 2.27. The Morgan fingerprint density at radius 3 is 3.00 bits per heavy atom. The zero-order valence-corrected chi connectivity index (χ0v) is 15.0. The van der Waals surface area contributed by atoms with Crippen molar-refractivity contribution in [2.45, 2.75) is 33.2 Å². The van der Waals surface area contributed by atoms with Crippen molar-refractivity contribution in [2.75, 3.05) is 19.7 Å². The molecular formula is C19H23ClN2O2. The lowest BCUT2D eigenvalue weighted by Crippen LogP contribution is -2.39. The van der Waals surface area contributed by atoms with E-state index in [0.717, 1.165) is 46.6 Å². The van der Waals surface area contributed by atoms with Gasteiger partial charge in [-0.3, -0.25) is 9.69 Å². The maximum atomic E-state index is 12.0. The Bertz CT molecular complexity index is 747. The van der Waals surface area contributed by atoms with Gasteiger partial charge in [0.15, 0.2) is 0 Å². The molecule has 0 spiro atoms. The number of likely N-dealkylation sites (tertiary alicyclic amines) is 1. The van der Waals surface area contributed by atoms with Crippen LogP contribution in [0.5, 0.6) is 0 Å². The van der Waals surface area contributed by atoms with Crippen LogP contribution in [0.2, 0.25) is 5.02 Å². The first kappa shape index (κ1) is 17.2. The first-order valence-corrected chi connectivity index (χ1v) is 8.90. The molecule has 0 N–H and O–H groups in total. The number of para-hydroxylation sites is 1. The summed E-state index contributed by atoms with van der Waals surface area (Å²) in [7, 11) is 0. The summed E-state index contributed by atoms with van der Waals surface area (Å²) in [5.41, 5.74) is 2.92. The van der Waals surface area contributed by atoms with E-state index in [-0.39, 0.29) is 11.9 Å². The van der Waals surface area contributed by atoms with Crippen molar-refractivity contribution in [1.82, 2.24) is 9.88 Å². The Morgan fingerprint density at radius 2 is 2.21 bits per heavy atom. The number of rotatable bonds is 4. The molecule has 1 aromatic carbocycles. The molecule has 1 unspecified atom stereocenters. The number of ether oxygens (including phenoxy) is 1. The molecular weight excluding hydrogens is 324 g/mol. The minimum Gasteiger partial charge on any atom is -0.466 e. The van der Waals surface area contributed by atoms with Gasteiger partial charge in [0.25, 0.3) is 0 Å². The number of halogens is 1. The summed E-state index contributed by atoms with van der Waals surface area (Å²) in [5, 5.41) is 1.82. The number of benzene rings is 1. The molecule has 1 saturated heterocycles. The molecule has 2 heterocycles. The van der Waals surface area contributed by atoms with E-state index in [1.54, 1.807) is 0 Å².